The van der Waals surface area contributed by atoms with Crippen LogP contribution in [0.4, 0.5) is 4.79 Å². The van der Waals surface area contributed by atoms with E-state index in [1.54, 1.807) is 30.5 Å². The zero-order valence-corrected chi connectivity index (χ0v) is 18.5. The molecule has 1 heterocycles. The van der Waals surface area contributed by atoms with E-state index in [1.165, 1.54) is 7.11 Å². The average molecular weight is 454 g/mol. The summed E-state index contributed by atoms with van der Waals surface area (Å²) < 4.78 is 16.5. The summed E-state index contributed by atoms with van der Waals surface area (Å²) in [5, 5.41) is 1.84. The van der Waals surface area contributed by atoms with E-state index >= 15 is 0 Å². The van der Waals surface area contributed by atoms with E-state index in [2.05, 4.69) is 4.98 Å². The van der Waals surface area contributed by atoms with Crippen molar-refractivity contribution in [2.75, 3.05) is 7.11 Å². The van der Waals surface area contributed by atoms with Crippen molar-refractivity contribution in [3.05, 3.63) is 60.3 Å². The van der Waals surface area contributed by atoms with Gasteiger partial charge in [0.1, 0.15) is 0 Å². The Kier molecular flexibility index (Phi) is 6.23. The predicted molar refractivity (Wildman–Crippen MR) is 111 cm³/mol. The summed E-state index contributed by atoms with van der Waals surface area (Å²) in [5.41, 5.74) is -0.0423. The van der Waals surface area contributed by atoms with Crippen LogP contribution in [0.1, 0.15) is 31.1 Å². The van der Waals surface area contributed by atoms with E-state index in [4.69, 9.17) is 14.2 Å². The quantitative estimate of drug-likeness (QED) is 0.427. The van der Waals surface area contributed by atoms with Gasteiger partial charge in [0.25, 0.3) is 0 Å². The Hall–Kier alpha value is -2.85. The van der Waals surface area contributed by atoms with Crippen LogP contribution in [-0.2, 0) is 9.47 Å². The Morgan fingerprint density at radius 1 is 0.931 bits per heavy atom. The molecule has 0 N–H and O–H groups in total. The van der Waals surface area contributed by atoms with E-state index in [0.29, 0.717) is 21.5 Å². The zero-order chi connectivity index (χ0) is 21.0. The van der Waals surface area contributed by atoms with Gasteiger partial charge < -0.3 is 0 Å². The minimum absolute atomic E-state index is 0.251. The maximum absolute atomic E-state index is 12.1. The number of benzene rings is 2. The third kappa shape index (κ3) is 5.81. The summed E-state index contributed by atoms with van der Waals surface area (Å²) in [4.78, 5) is 28.1. The van der Waals surface area contributed by atoms with Crippen molar-refractivity contribution in [1.82, 2.24) is 4.98 Å². The van der Waals surface area contributed by atoms with E-state index in [1.807, 2.05) is 45.0 Å². The number of methoxy groups -OCH3 is 1. The molecule has 0 fully saturated rings. The second-order valence-electron chi connectivity index (χ2n) is 7.26. The first-order valence-electron chi connectivity index (χ1n) is 8.94. The van der Waals surface area contributed by atoms with E-state index < -0.39 is 21.4 Å². The standard InChI is InChI=1S/C22H21AsNO5/c1-22(2,3)29-21(26)23-19-13-18(9-10-24-19)28-17-8-7-14-5-6-15(20(25)27-4)11-16(14)12-17/h5-13H,1-4H3. The zero-order valence-electron chi connectivity index (χ0n) is 16.6. The van der Waals surface area contributed by atoms with E-state index in [9.17, 15) is 9.59 Å². The van der Waals surface area contributed by atoms with E-state index in [-0.39, 0.29) is 10.7 Å². The summed E-state index contributed by atoms with van der Waals surface area (Å²) in [6.07, 6.45) is 1.61. The Morgan fingerprint density at radius 2 is 1.66 bits per heavy atom. The van der Waals surface area contributed by atoms with Crippen LogP contribution in [0.3, 0.4) is 0 Å². The summed E-state index contributed by atoms with van der Waals surface area (Å²) in [7, 11) is 1.35. The molecule has 3 rings (SSSR count). The van der Waals surface area contributed by atoms with Gasteiger partial charge in [0.05, 0.1) is 0 Å². The molecule has 1 radical (unpaired) electrons. The minimum atomic E-state index is -0.878. The Balaban J connectivity index is 1.78. The molecule has 149 valence electrons. The molecule has 29 heavy (non-hydrogen) atoms. The Morgan fingerprint density at radius 3 is 2.38 bits per heavy atom. The fourth-order valence-corrected chi connectivity index (χ4v) is 4.30. The molecule has 3 aromatic rings. The van der Waals surface area contributed by atoms with Crippen LogP contribution in [0.15, 0.2) is 54.7 Å². The van der Waals surface area contributed by atoms with Gasteiger partial charge in [0.15, 0.2) is 0 Å². The number of hydrogen-bond acceptors (Lipinski definition) is 6. The van der Waals surface area contributed by atoms with Gasteiger partial charge in [-0.3, -0.25) is 0 Å². The normalized spacial score (nSPS) is 11.6. The van der Waals surface area contributed by atoms with Gasteiger partial charge in [0.2, 0.25) is 0 Å². The first kappa shape index (κ1) is 20.9. The molecule has 0 atom stereocenters. The van der Waals surface area contributed by atoms with Crippen LogP contribution in [-0.4, -0.2) is 44.2 Å². The molecule has 2 aromatic carbocycles. The molecular weight excluding hydrogens is 433 g/mol. The fourth-order valence-electron chi connectivity index (χ4n) is 2.57. The number of ether oxygens (including phenoxy) is 3. The van der Waals surface area contributed by atoms with Gasteiger partial charge in [-0.2, -0.15) is 0 Å². The number of carbonyl (C=O) groups is 2. The molecule has 0 unspecified atom stereocenters. The van der Waals surface area contributed by atoms with Crippen molar-refractivity contribution in [2.45, 2.75) is 26.4 Å². The van der Waals surface area contributed by atoms with Gasteiger partial charge in [-0.15, -0.1) is 0 Å². The molecule has 0 bridgehead atoms. The van der Waals surface area contributed by atoms with Gasteiger partial charge >= 0.3 is 176 Å². The number of pyridine rings is 1. The topological polar surface area (TPSA) is 74.7 Å². The van der Waals surface area contributed by atoms with Gasteiger partial charge in [-0.1, -0.05) is 0 Å². The molecule has 6 nitrogen and oxygen atoms in total. The number of nitrogens with zero attached hydrogens (tertiary/aromatic N) is 1. The van der Waals surface area contributed by atoms with Crippen molar-refractivity contribution >= 4 is 41.7 Å². The van der Waals surface area contributed by atoms with Crippen molar-refractivity contribution in [2.24, 2.45) is 0 Å². The number of aromatic nitrogens is 1. The maximum atomic E-state index is 12.1. The monoisotopic (exact) mass is 454 g/mol. The molecule has 0 aliphatic rings. The summed E-state index contributed by atoms with van der Waals surface area (Å²) >= 11 is -0.878. The van der Waals surface area contributed by atoms with Crippen molar-refractivity contribution in [3.63, 3.8) is 0 Å². The van der Waals surface area contributed by atoms with Crippen molar-refractivity contribution in [1.29, 1.82) is 0 Å². The first-order chi connectivity index (χ1) is 13.7. The summed E-state index contributed by atoms with van der Waals surface area (Å²) in [6.45, 7) is 5.51. The number of carbonyl (C=O) groups excluding carboxylic acids is 2. The predicted octanol–water partition coefficient (Wildman–Crippen LogP) is 4.08. The SMILES string of the molecule is COC(=O)c1ccc2ccc(Oc3ccnc([As]C(=O)OC(C)(C)C)c3)cc2c1. The molecule has 0 saturated heterocycles. The van der Waals surface area contributed by atoms with Gasteiger partial charge in [0, 0.05) is 0 Å². The molecule has 0 saturated carbocycles. The second-order valence-corrected chi connectivity index (χ2v) is 9.46. The molecule has 0 spiro atoms. The first-order valence-corrected chi connectivity index (χ1v) is 10.8. The van der Waals surface area contributed by atoms with Crippen molar-refractivity contribution in [3.8, 4) is 11.5 Å². The third-order valence-electron chi connectivity index (χ3n) is 3.78. The molecule has 0 amide bonds. The fraction of sp³-hybridized carbons (Fsp3) is 0.227. The average Bonchev–Trinajstić information content (AvgIpc) is 2.65. The molecular formula is C22H21AsNO5. The number of hydrogen-bond donors (Lipinski definition) is 0. The Labute approximate surface area is 175 Å². The number of rotatable bonds is 5. The third-order valence-corrected chi connectivity index (χ3v) is 5.35. The van der Waals surface area contributed by atoms with Gasteiger partial charge in [-0.25, -0.2) is 0 Å². The van der Waals surface area contributed by atoms with E-state index in [0.717, 1.165) is 10.8 Å². The molecule has 0 aliphatic heterocycles. The van der Waals surface area contributed by atoms with Crippen molar-refractivity contribution < 1.29 is 23.8 Å². The van der Waals surface area contributed by atoms with Gasteiger partial charge in [-0.05, 0) is 0 Å². The van der Waals surface area contributed by atoms with Crippen LogP contribution in [0.2, 0.25) is 0 Å². The van der Waals surface area contributed by atoms with Crippen LogP contribution in [0.25, 0.3) is 10.8 Å². The van der Waals surface area contributed by atoms with Crippen LogP contribution < -0.4 is 9.22 Å². The van der Waals surface area contributed by atoms with Crippen LogP contribution in [0.5, 0.6) is 11.5 Å². The summed E-state index contributed by atoms with van der Waals surface area (Å²) in [5.74, 6) is 0.810. The molecule has 7 heteroatoms. The summed E-state index contributed by atoms with van der Waals surface area (Å²) in [6, 6.07) is 14.4. The van der Waals surface area contributed by atoms with Crippen LogP contribution in [0, 0.1) is 0 Å². The second kappa shape index (κ2) is 8.66. The Bertz CT molecular complexity index is 1060. The molecule has 0 aliphatic carbocycles. The number of fused-ring (bicyclic) bond motifs is 1. The van der Waals surface area contributed by atoms with Crippen LogP contribution >= 0.6 is 0 Å². The molecule has 1 aromatic heterocycles. The number of esters is 1.